The molecule has 8 nitrogen and oxygen atoms in total. The van der Waals surface area contributed by atoms with Crippen molar-refractivity contribution in [2.24, 2.45) is 14.1 Å². The number of aromatic nitrogens is 5. The fourth-order valence-corrected chi connectivity index (χ4v) is 1.48. The first-order chi connectivity index (χ1) is 8.06. The highest BCUT2D eigenvalue weighted by atomic mass is 16.2. The topological polar surface area (TPSA) is 94.7 Å². The molecule has 2 aromatic heterocycles. The number of fused-ring (bicyclic) bond motifs is 1. The molecule has 0 aliphatic heterocycles. The Morgan fingerprint density at radius 2 is 1.88 bits per heavy atom. The quantitative estimate of drug-likeness (QED) is 0.707. The molecule has 1 N–H and O–H groups in total. The van der Waals surface area contributed by atoms with Crippen LogP contribution in [-0.2, 0) is 14.1 Å². The van der Waals surface area contributed by atoms with Crippen LogP contribution in [0, 0.1) is 0 Å². The molecule has 0 atom stereocenters. The molecular weight excluding hydrogens is 224 g/mol. The number of rotatable bonds is 2. The van der Waals surface area contributed by atoms with E-state index in [1.165, 1.54) is 18.7 Å². The van der Waals surface area contributed by atoms with Crippen molar-refractivity contribution < 1.29 is 0 Å². The highest BCUT2D eigenvalue weighted by molar-refractivity contribution is 5.68. The van der Waals surface area contributed by atoms with Gasteiger partial charge in [-0.05, 0) is 6.92 Å². The SMILES string of the molecule is CCNc1nnc2c(=O)n(C)c(=O)n(C)c2n1. The van der Waals surface area contributed by atoms with Crippen LogP contribution in [0.15, 0.2) is 9.59 Å². The van der Waals surface area contributed by atoms with Crippen molar-refractivity contribution in [1.29, 1.82) is 0 Å². The van der Waals surface area contributed by atoms with Gasteiger partial charge in [0.1, 0.15) is 0 Å². The van der Waals surface area contributed by atoms with Gasteiger partial charge in [-0.1, -0.05) is 0 Å². The molecule has 0 amide bonds. The van der Waals surface area contributed by atoms with Crippen molar-refractivity contribution in [1.82, 2.24) is 24.3 Å². The standard InChI is InChI=1S/C9H12N6O2/c1-4-10-8-11-6-5(12-13-8)7(16)15(3)9(17)14(6)2/h4H2,1-3H3,(H,10,11,13). The van der Waals surface area contributed by atoms with Crippen molar-refractivity contribution >= 4 is 17.1 Å². The van der Waals surface area contributed by atoms with E-state index in [9.17, 15) is 9.59 Å². The van der Waals surface area contributed by atoms with Gasteiger partial charge in [0, 0.05) is 20.6 Å². The lowest BCUT2D eigenvalue weighted by Gasteiger charge is -2.06. The average molecular weight is 236 g/mol. The Labute approximate surface area is 95.9 Å². The first-order valence-corrected chi connectivity index (χ1v) is 5.10. The molecular formula is C9H12N6O2. The number of nitrogens with one attached hydrogen (secondary N) is 1. The highest BCUT2D eigenvalue weighted by Gasteiger charge is 2.12. The van der Waals surface area contributed by atoms with Crippen LogP contribution in [0.4, 0.5) is 5.95 Å². The Morgan fingerprint density at radius 3 is 2.53 bits per heavy atom. The Bertz CT molecular complexity index is 686. The number of hydrogen-bond donors (Lipinski definition) is 1. The van der Waals surface area contributed by atoms with E-state index in [0.29, 0.717) is 12.5 Å². The smallest absolute Gasteiger partial charge is 0.332 e. The highest BCUT2D eigenvalue weighted by Crippen LogP contribution is 2.02. The summed E-state index contributed by atoms with van der Waals surface area (Å²) >= 11 is 0. The van der Waals surface area contributed by atoms with Crippen LogP contribution in [0.1, 0.15) is 6.92 Å². The molecule has 2 aromatic rings. The summed E-state index contributed by atoms with van der Waals surface area (Å²) in [5, 5.41) is 10.4. The monoisotopic (exact) mass is 236 g/mol. The van der Waals surface area contributed by atoms with E-state index in [4.69, 9.17) is 0 Å². The van der Waals surface area contributed by atoms with E-state index in [2.05, 4.69) is 20.5 Å². The molecule has 2 heterocycles. The summed E-state index contributed by atoms with van der Waals surface area (Å²) in [6.07, 6.45) is 0. The van der Waals surface area contributed by atoms with Gasteiger partial charge >= 0.3 is 5.69 Å². The maximum absolute atomic E-state index is 11.8. The van der Waals surface area contributed by atoms with Gasteiger partial charge < -0.3 is 5.32 Å². The van der Waals surface area contributed by atoms with Crippen molar-refractivity contribution in [3.8, 4) is 0 Å². The third kappa shape index (κ3) is 1.67. The molecule has 17 heavy (non-hydrogen) atoms. The Balaban J connectivity index is 2.87. The van der Waals surface area contributed by atoms with Crippen molar-refractivity contribution in [3.63, 3.8) is 0 Å². The molecule has 0 bridgehead atoms. The van der Waals surface area contributed by atoms with Gasteiger partial charge in [-0.25, -0.2) is 4.79 Å². The average Bonchev–Trinajstić information content (AvgIpc) is 2.34. The summed E-state index contributed by atoms with van der Waals surface area (Å²) in [5.41, 5.74) is -0.628. The Hall–Kier alpha value is -2.25. The van der Waals surface area contributed by atoms with Crippen LogP contribution in [-0.4, -0.2) is 30.9 Å². The number of anilines is 1. The zero-order valence-electron chi connectivity index (χ0n) is 9.76. The molecule has 0 spiro atoms. The molecule has 2 rings (SSSR count). The lowest BCUT2D eigenvalue weighted by Crippen LogP contribution is -2.38. The summed E-state index contributed by atoms with van der Waals surface area (Å²) in [4.78, 5) is 27.5. The van der Waals surface area contributed by atoms with Gasteiger partial charge in [-0.15, -0.1) is 10.2 Å². The van der Waals surface area contributed by atoms with Crippen LogP contribution >= 0.6 is 0 Å². The lowest BCUT2D eigenvalue weighted by molar-refractivity contribution is 0.700. The summed E-state index contributed by atoms with van der Waals surface area (Å²) in [6, 6.07) is 0. The van der Waals surface area contributed by atoms with Crippen LogP contribution in [0.3, 0.4) is 0 Å². The van der Waals surface area contributed by atoms with E-state index < -0.39 is 11.2 Å². The number of hydrogen-bond acceptors (Lipinski definition) is 6. The minimum absolute atomic E-state index is 0.0799. The largest absolute Gasteiger partial charge is 0.353 e. The van der Waals surface area contributed by atoms with E-state index in [-0.39, 0.29) is 11.2 Å². The zero-order chi connectivity index (χ0) is 12.6. The normalized spacial score (nSPS) is 10.8. The lowest BCUT2D eigenvalue weighted by atomic mass is 10.5. The zero-order valence-corrected chi connectivity index (χ0v) is 9.76. The van der Waals surface area contributed by atoms with Gasteiger partial charge in [0.15, 0.2) is 11.2 Å². The fraction of sp³-hybridized carbons (Fsp3) is 0.444. The Kier molecular flexibility index (Phi) is 2.62. The minimum atomic E-state index is -0.494. The van der Waals surface area contributed by atoms with E-state index >= 15 is 0 Å². The number of aryl methyl sites for hydroxylation is 1. The fourth-order valence-electron chi connectivity index (χ4n) is 1.48. The van der Waals surface area contributed by atoms with Gasteiger partial charge in [0.25, 0.3) is 5.56 Å². The molecule has 0 fully saturated rings. The predicted molar refractivity (Wildman–Crippen MR) is 62.0 cm³/mol. The summed E-state index contributed by atoms with van der Waals surface area (Å²) in [5.74, 6) is 0.295. The second-order valence-corrected chi connectivity index (χ2v) is 3.54. The molecule has 0 aliphatic rings. The molecule has 0 unspecified atom stereocenters. The molecule has 0 radical (unpaired) electrons. The number of nitrogens with zero attached hydrogens (tertiary/aromatic N) is 5. The molecule has 0 aromatic carbocycles. The van der Waals surface area contributed by atoms with Gasteiger partial charge in [0.05, 0.1) is 0 Å². The van der Waals surface area contributed by atoms with Crippen molar-refractivity contribution in [2.75, 3.05) is 11.9 Å². The first-order valence-electron chi connectivity index (χ1n) is 5.10. The molecule has 8 heteroatoms. The third-order valence-electron chi connectivity index (χ3n) is 2.40. The second-order valence-electron chi connectivity index (χ2n) is 3.54. The van der Waals surface area contributed by atoms with E-state index in [1.54, 1.807) is 0 Å². The molecule has 90 valence electrons. The molecule has 0 aliphatic carbocycles. The summed E-state index contributed by atoms with van der Waals surface area (Å²) in [7, 11) is 2.93. The third-order valence-corrected chi connectivity index (χ3v) is 2.40. The molecule has 0 saturated heterocycles. The summed E-state index contributed by atoms with van der Waals surface area (Å²) < 4.78 is 2.25. The Morgan fingerprint density at radius 1 is 1.18 bits per heavy atom. The van der Waals surface area contributed by atoms with Crippen LogP contribution in [0.25, 0.3) is 11.2 Å². The van der Waals surface area contributed by atoms with Gasteiger partial charge in [-0.2, -0.15) is 4.98 Å². The van der Waals surface area contributed by atoms with E-state index in [0.717, 1.165) is 4.57 Å². The van der Waals surface area contributed by atoms with Crippen LogP contribution in [0.5, 0.6) is 0 Å². The maximum Gasteiger partial charge on any atom is 0.332 e. The van der Waals surface area contributed by atoms with Crippen LogP contribution < -0.4 is 16.6 Å². The van der Waals surface area contributed by atoms with Crippen molar-refractivity contribution in [2.45, 2.75) is 6.92 Å². The van der Waals surface area contributed by atoms with E-state index in [1.807, 2.05) is 6.92 Å². The maximum atomic E-state index is 11.8. The predicted octanol–water partition coefficient (Wildman–Crippen LogP) is -1.15. The van der Waals surface area contributed by atoms with Crippen molar-refractivity contribution in [3.05, 3.63) is 20.8 Å². The minimum Gasteiger partial charge on any atom is -0.353 e. The van der Waals surface area contributed by atoms with Crippen LogP contribution in [0.2, 0.25) is 0 Å². The summed E-state index contributed by atoms with van der Waals surface area (Å²) in [6.45, 7) is 2.52. The molecule has 0 saturated carbocycles. The first kappa shape index (κ1) is 11.2. The van der Waals surface area contributed by atoms with Gasteiger partial charge in [-0.3, -0.25) is 13.9 Å². The van der Waals surface area contributed by atoms with Gasteiger partial charge in [0.2, 0.25) is 5.95 Å². The second kappa shape index (κ2) is 3.96.